The zero-order valence-electron chi connectivity index (χ0n) is 19.8. The molecule has 1 aliphatic rings. The first-order chi connectivity index (χ1) is 17.2. The Morgan fingerprint density at radius 2 is 1.67 bits per heavy atom. The Hall–Kier alpha value is -3.26. The number of non-ortho nitro benzene ring substituents is 1. The van der Waals surface area contributed by atoms with Crippen LogP contribution < -0.4 is 15.2 Å². The third-order valence-electron chi connectivity index (χ3n) is 6.24. The number of nitro groups is 1. The number of halogens is 1. The van der Waals surface area contributed by atoms with Crippen molar-refractivity contribution in [3.63, 3.8) is 0 Å². The van der Waals surface area contributed by atoms with Crippen LogP contribution in [0.15, 0.2) is 82.4 Å². The minimum Gasteiger partial charge on any atom is -0.336 e. The van der Waals surface area contributed by atoms with Crippen LogP contribution in [0, 0.1) is 30.9 Å². The number of anilines is 2. The zero-order valence-corrected chi connectivity index (χ0v) is 23.1. The molecule has 1 N–H and O–H groups in total. The number of hydrazone groups is 1. The standard InChI is InChI=1S/C26H23BrN5O2PS/c1-17-9-11-20(12-10-17)30-18(2)23-16-28-31(21-7-5-4-6-8-21)35(36,26(23)19(30)3)29-25-14-13-22(32(33)34)15-24(25)27/h4-16H,1-3H3,(H,29,36). The highest BCUT2D eigenvalue weighted by Crippen LogP contribution is 2.56. The van der Waals surface area contributed by atoms with Gasteiger partial charge in [0.05, 0.1) is 27.8 Å². The molecule has 0 aliphatic carbocycles. The van der Waals surface area contributed by atoms with Gasteiger partial charge in [-0.25, -0.2) is 4.78 Å². The average molecular weight is 580 g/mol. The minimum absolute atomic E-state index is 0.00370. The van der Waals surface area contributed by atoms with Crippen LogP contribution in [0.3, 0.4) is 0 Å². The van der Waals surface area contributed by atoms with Gasteiger partial charge in [0.1, 0.15) is 0 Å². The van der Waals surface area contributed by atoms with Crippen LogP contribution in [-0.2, 0) is 11.8 Å². The van der Waals surface area contributed by atoms with Crippen LogP contribution in [0.2, 0.25) is 0 Å². The van der Waals surface area contributed by atoms with E-state index in [-0.39, 0.29) is 5.69 Å². The molecular formula is C26H23BrN5O2PS. The van der Waals surface area contributed by atoms with E-state index in [2.05, 4.69) is 70.6 Å². The normalized spacial score (nSPS) is 16.6. The van der Waals surface area contributed by atoms with Crippen molar-refractivity contribution in [2.24, 2.45) is 5.10 Å². The Labute approximate surface area is 222 Å². The van der Waals surface area contributed by atoms with E-state index in [4.69, 9.17) is 16.9 Å². The summed E-state index contributed by atoms with van der Waals surface area (Å²) in [6.07, 6.45) is -0.917. The Kier molecular flexibility index (Phi) is 6.32. The first-order valence-electron chi connectivity index (χ1n) is 11.2. The Morgan fingerprint density at radius 1 is 0.972 bits per heavy atom. The largest absolute Gasteiger partial charge is 0.336 e. The van der Waals surface area contributed by atoms with E-state index in [1.165, 1.54) is 17.7 Å². The molecule has 3 aromatic carbocycles. The lowest BCUT2D eigenvalue weighted by Crippen LogP contribution is -2.32. The number of fused-ring (bicyclic) bond motifs is 1. The number of benzene rings is 3. The summed E-state index contributed by atoms with van der Waals surface area (Å²) in [7, 11) is 0. The summed E-state index contributed by atoms with van der Waals surface area (Å²) in [5, 5.41) is 20.7. The highest BCUT2D eigenvalue weighted by molar-refractivity contribution is 9.10. The van der Waals surface area contributed by atoms with Gasteiger partial charge in [-0.15, -0.1) is 0 Å². The van der Waals surface area contributed by atoms with E-state index in [1.807, 2.05) is 41.3 Å². The maximum absolute atomic E-state index is 11.3. The summed E-state index contributed by atoms with van der Waals surface area (Å²) in [5.74, 6) is 0. The smallest absolute Gasteiger partial charge is 0.270 e. The number of para-hydroxylation sites is 1. The molecule has 0 fully saturated rings. The van der Waals surface area contributed by atoms with E-state index in [9.17, 15) is 10.1 Å². The number of nitro benzene ring substituents is 1. The molecule has 10 heteroatoms. The number of hydrogen-bond acceptors (Lipinski definition) is 4. The van der Waals surface area contributed by atoms with Crippen LogP contribution in [0.25, 0.3) is 5.69 Å². The van der Waals surface area contributed by atoms with E-state index in [0.29, 0.717) is 10.2 Å². The Morgan fingerprint density at radius 3 is 2.31 bits per heavy atom. The summed E-state index contributed by atoms with van der Waals surface area (Å²) >= 11 is 10.0. The molecule has 0 spiro atoms. The van der Waals surface area contributed by atoms with Crippen LogP contribution in [0.5, 0.6) is 0 Å². The van der Waals surface area contributed by atoms with Crippen molar-refractivity contribution in [3.05, 3.63) is 110 Å². The second-order valence-corrected chi connectivity index (χ2v) is 13.2. The summed E-state index contributed by atoms with van der Waals surface area (Å²) in [6.45, 7) is 6.24. The molecule has 1 aliphatic heterocycles. The zero-order chi connectivity index (χ0) is 25.6. The van der Waals surface area contributed by atoms with Crippen molar-refractivity contribution < 1.29 is 4.92 Å². The molecule has 0 saturated heterocycles. The van der Waals surface area contributed by atoms with Gasteiger partial charge in [0.25, 0.3) is 5.69 Å². The average Bonchev–Trinajstić information content (AvgIpc) is 3.12. The fraction of sp³-hybridized carbons (Fsp3) is 0.115. The predicted octanol–water partition coefficient (Wildman–Crippen LogP) is 6.97. The second-order valence-electron chi connectivity index (χ2n) is 8.58. The SMILES string of the molecule is Cc1ccc(-n2c(C)c3c(c2C)P(=S)(Nc2ccc([N+](=O)[O-])cc2Br)N(c2ccccc2)N=C3)cc1. The van der Waals surface area contributed by atoms with Gasteiger partial charge in [-0.2, -0.15) is 5.10 Å². The highest BCUT2D eigenvalue weighted by atomic mass is 79.9. The van der Waals surface area contributed by atoms with Crippen LogP contribution in [-0.4, -0.2) is 15.7 Å². The van der Waals surface area contributed by atoms with Gasteiger partial charge in [0.15, 0.2) is 6.34 Å². The second kappa shape index (κ2) is 9.32. The molecule has 1 atom stereocenters. The molecule has 36 heavy (non-hydrogen) atoms. The number of rotatable bonds is 5. The van der Waals surface area contributed by atoms with Crippen molar-refractivity contribution in [2.75, 3.05) is 9.87 Å². The van der Waals surface area contributed by atoms with Gasteiger partial charge in [-0.1, -0.05) is 35.9 Å². The fourth-order valence-electron chi connectivity index (χ4n) is 4.51. The third-order valence-corrected chi connectivity index (χ3v) is 10.8. The van der Waals surface area contributed by atoms with Crippen molar-refractivity contribution in [1.29, 1.82) is 0 Å². The van der Waals surface area contributed by atoms with E-state index in [0.717, 1.165) is 33.6 Å². The topological polar surface area (TPSA) is 75.7 Å². The van der Waals surface area contributed by atoms with Gasteiger partial charge in [0.2, 0.25) is 0 Å². The van der Waals surface area contributed by atoms with Crippen molar-refractivity contribution in [2.45, 2.75) is 20.8 Å². The van der Waals surface area contributed by atoms with Crippen molar-refractivity contribution in [1.82, 2.24) is 4.57 Å². The van der Waals surface area contributed by atoms with E-state index >= 15 is 0 Å². The fourth-order valence-corrected chi connectivity index (χ4v) is 9.18. The number of aromatic nitrogens is 1. The molecule has 2 heterocycles. The van der Waals surface area contributed by atoms with Gasteiger partial charge in [-0.05, 0) is 78.8 Å². The molecule has 0 saturated carbocycles. The van der Waals surface area contributed by atoms with Crippen molar-refractivity contribution >= 4 is 62.7 Å². The van der Waals surface area contributed by atoms with E-state index in [1.54, 1.807) is 6.07 Å². The molecule has 1 unspecified atom stereocenters. The summed E-state index contributed by atoms with van der Waals surface area (Å²) in [5.41, 5.74) is 6.88. The molecule has 182 valence electrons. The number of hydrogen-bond donors (Lipinski definition) is 1. The van der Waals surface area contributed by atoms with Gasteiger partial charge in [-0.3, -0.25) is 10.1 Å². The summed E-state index contributed by atoms with van der Waals surface area (Å²) in [6, 6.07) is 22.9. The molecule has 1 aromatic heterocycles. The van der Waals surface area contributed by atoms with Gasteiger partial charge in [0, 0.05) is 39.2 Å². The predicted molar refractivity (Wildman–Crippen MR) is 155 cm³/mol. The molecule has 4 aromatic rings. The molecule has 0 amide bonds. The van der Waals surface area contributed by atoms with Gasteiger partial charge >= 0.3 is 0 Å². The molecule has 0 bridgehead atoms. The first-order valence-corrected chi connectivity index (χ1v) is 14.8. The molecule has 7 nitrogen and oxygen atoms in total. The maximum Gasteiger partial charge on any atom is 0.270 e. The lowest BCUT2D eigenvalue weighted by molar-refractivity contribution is -0.384. The quantitative estimate of drug-likeness (QED) is 0.157. The number of nitrogens with one attached hydrogen (secondary N) is 1. The Bertz CT molecular complexity index is 1570. The number of nitrogens with zero attached hydrogens (tertiary/aromatic N) is 4. The number of aryl methyl sites for hydroxylation is 1. The molecule has 5 rings (SSSR count). The van der Waals surface area contributed by atoms with Crippen LogP contribution in [0.4, 0.5) is 17.1 Å². The summed E-state index contributed by atoms with van der Waals surface area (Å²) < 4.78 is 4.68. The third kappa shape index (κ3) is 4.07. The monoisotopic (exact) mass is 579 g/mol. The Balaban J connectivity index is 1.72. The molecule has 0 radical (unpaired) electrons. The lowest BCUT2D eigenvalue weighted by atomic mass is 10.2. The maximum atomic E-state index is 11.3. The van der Waals surface area contributed by atoms with Crippen LogP contribution in [0.1, 0.15) is 22.5 Å². The highest BCUT2D eigenvalue weighted by Gasteiger charge is 2.38. The first kappa shape index (κ1) is 24.4. The van der Waals surface area contributed by atoms with E-state index < -0.39 is 11.3 Å². The minimum atomic E-state index is -2.80. The van der Waals surface area contributed by atoms with Crippen LogP contribution >= 0.6 is 22.3 Å². The van der Waals surface area contributed by atoms with Gasteiger partial charge < -0.3 is 9.65 Å². The van der Waals surface area contributed by atoms with Crippen molar-refractivity contribution in [3.8, 4) is 5.69 Å². The molecular weight excluding hydrogens is 557 g/mol. The lowest BCUT2D eigenvalue weighted by Gasteiger charge is -2.37. The summed E-state index contributed by atoms with van der Waals surface area (Å²) in [4.78, 5) is 10.9.